The van der Waals surface area contributed by atoms with Gasteiger partial charge in [-0.15, -0.1) is 0 Å². The molecule has 0 fully saturated rings. The molecule has 0 saturated heterocycles. The fraction of sp³-hybridized carbons (Fsp3) is 0.0909. The number of aliphatic carboxylic acids is 1. The molecule has 2 N–H and O–H groups in total. The Morgan fingerprint density at radius 1 is 1.28 bits per heavy atom. The number of hydrogen-bond donors (Lipinski definition) is 2. The number of amides is 1. The third kappa shape index (κ3) is 2.69. The summed E-state index contributed by atoms with van der Waals surface area (Å²) in [6.45, 7) is 0. The fourth-order valence-corrected chi connectivity index (χ4v) is 1.82. The van der Waals surface area contributed by atoms with Gasteiger partial charge in [-0.25, -0.2) is 4.79 Å². The number of aromatic nitrogens is 2. The van der Waals surface area contributed by atoms with Gasteiger partial charge in [0.1, 0.15) is 0 Å². The molecule has 1 aromatic carbocycles. The van der Waals surface area contributed by atoms with Crippen molar-refractivity contribution in [2.24, 2.45) is 0 Å². The van der Waals surface area contributed by atoms with Crippen LogP contribution in [0, 0.1) is 0 Å². The van der Waals surface area contributed by atoms with Crippen molar-refractivity contribution < 1.29 is 14.7 Å². The van der Waals surface area contributed by atoms with E-state index in [2.05, 4.69) is 14.1 Å². The summed E-state index contributed by atoms with van der Waals surface area (Å²) in [5.74, 6) is -1.68. The van der Waals surface area contributed by atoms with Crippen molar-refractivity contribution in [1.82, 2.24) is 14.1 Å². The number of hydrogen-bond acceptors (Lipinski definition) is 5. The van der Waals surface area contributed by atoms with Crippen molar-refractivity contribution in [3.05, 3.63) is 47.8 Å². The van der Waals surface area contributed by atoms with Gasteiger partial charge in [-0.2, -0.15) is 8.75 Å². The average molecular weight is 263 g/mol. The second-order valence-electron chi connectivity index (χ2n) is 3.45. The van der Waals surface area contributed by atoms with Crippen LogP contribution >= 0.6 is 11.7 Å². The first-order valence-electron chi connectivity index (χ1n) is 5.04. The smallest absolute Gasteiger partial charge is 0.330 e. The highest BCUT2D eigenvalue weighted by Gasteiger charge is 2.23. The van der Waals surface area contributed by atoms with Gasteiger partial charge in [-0.05, 0) is 5.56 Å². The van der Waals surface area contributed by atoms with Crippen molar-refractivity contribution in [3.8, 4) is 0 Å². The molecular formula is C11H9N3O3S. The second kappa shape index (κ2) is 5.37. The Morgan fingerprint density at radius 2 is 2.00 bits per heavy atom. The van der Waals surface area contributed by atoms with E-state index in [1.54, 1.807) is 30.3 Å². The van der Waals surface area contributed by atoms with Gasteiger partial charge < -0.3 is 10.4 Å². The molecular weight excluding hydrogens is 254 g/mol. The standard InChI is InChI=1S/C11H9N3O3S/c15-10(8-6-12-18-14-8)13-9(11(16)17)7-4-2-1-3-5-7/h1-6,9H,(H,13,15)(H,16,17). The molecule has 0 aliphatic heterocycles. The summed E-state index contributed by atoms with van der Waals surface area (Å²) in [5.41, 5.74) is 0.615. The number of carbonyl (C=O) groups is 2. The normalized spacial score (nSPS) is 11.8. The molecule has 1 heterocycles. The molecule has 1 amide bonds. The van der Waals surface area contributed by atoms with Crippen LogP contribution in [0.5, 0.6) is 0 Å². The molecule has 0 aliphatic carbocycles. The van der Waals surface area contributed by atoms with Crippen LogP contribution in [-0.4, -0.2) is 25.7 Å². The number of carboxylic acids is 1. The van der Waals surface area contributed by atoms with Crippen molar-refractivity contribution in [1.29, 1.82) is 0 Å². The lowest BCUT2D eigenvalue weighted by Crippen LogP contribution is -2.33. The minimum Gasteiger partial charge on any atom is -0.479 e. The Kier molecular flexibility index (Phi) is 3.63. The Hall–Kier alpha value is -2.28. The third-order valence-electron chi connectivity index (χ3n) is 2.25. The summed E-state index contributed by atoms with van der Waals surface area (Å²) in [7, 11) is 0. The van der Waals surface area contributed by atoms with E-state index in [0.717, 1.165) is 11.7 Å². The van der Waals surface area contributed by atoms with Gasteiger partial charge in [0.25, 0.3) is 5.91 Å². The molecule has 6 nitrogen and oxygen atoms in total. The van der Waals surface area contributed by atoms with Crippen molar-refractivity contribution in [2.75, 3.05) is 0 Å². The third-order valence-corrected chi connectivity index (χ3v) is 2.73. The molecule has 2 aromatic rings. The van der Waals surface area contributed by atoms with Crippen molar-refractivity contribution in [2.45, 2.75) is 6.04 Å². The average Bonchev–Trinajstić information content (AvgIpc) is 2.90. The molecule has 1 atom stereocenters. The Labute approximate surface area is 107 Å². The van der Waals surface area contributed by atoms with Gasteiger partial charge in [-0.1, -0.05) is 30.3 Å². The quantitative estimate of drug-likeness (QED) is 0.861. The highest BCUT2D eigenvalue weighted by molar-refractivity contribution is 6.99. The molecule has 2 rings (SSSR count). The van der Waals surface area contributed by atoms with E-state index in [0.29, 0.717) is 5.56 Å². The maximum absolute atomic E-state index is 11.7. The molecule has 0 bridgehead atoms. The minimum atomic E-state index is -1.13. The predicted octanol–water partition coefficient (Wildman–Crippen LogP) is 1.09. The van der Waals surface area contributed by atoms with E-state index < -0.39 is 17.9 Å². The summed E-state index contributed by atoms with van der Waals surface area (Å²) in [4.78, 5) is 22.9. The highest BCUT2D eigenvalue weighted by Crippen LogP contribution is 2.13. The minimum absolute atomic E-state index is 0.113. The van der Waals surface area contributed by atoms with Gasteiger partial charge in [-0.3, -0.25) is 4.79 Å². The number of nitrogens with zero attached hydrogens (tertiary/aromatic N) is 2. The van der Waals surface area contributed by atoms with Gasteiger partial charge >= 0.3 is 5.97 Å². The molecule has 0 aliphatic rings. The monoisotopic (exact) mass is 263 g/mol. The van der Waals surface area contributed by atoms with Crippen LogP contribution in [0.25, 0.3) is 0 Å². The summed E-state index contributed by atoms with van der Waals surface area (Å²) in [5, 5.41) is 11.5. The maximum atomic E-state index is 11.7. The lowest BCUT2D eigenvalue weighted by atomic mass is 10.1. The second-order valence-corrected chi connectivity index (χ2v) is 4.00. The first-order chi connectivity index (χ1) is 8.68. The van der Waals surface area contributed by atoms with E-state index in [4.69, 9.17) is 5.11 Å². The van der Waals surface area contributed by atoms with E-state index in [1.807, 2.05) is 0 Å². The zero-order valence-corrected chi connectivity index (χ0v) is 9.92. The summed E-state index contributed by atoms with van der Waals surface area (Å²) >= 11 is 0.891. The molecule has 0 radical (unpaired) electrons. The molecule has 0 saturated carbocycles. The van der Waals surface area contributed by atoms with Crippen LogP contribution in [0.3, 0.4) is 0 Å². The van der Waals surface area contributed by atoms with Crippen LogP contribution < -0.4 is 5.32 Å². The SMILES string of the molecule is O=C(NC(C(=O)O)c1ccccc1)c1cnsn1. The van der Waals surface area contributed by atoms with Gasteiger partial charge in [0.2, 0.25) is 0 Å². The summed E-state index contributed by atoms with van der Waals surface area (Å²) in [6.07, 6.45) is 1.30. The summed E-state index contributed by atoms with van der Waals surface area (Å²) in [6, 6.07) is 7.37. The van der Waals surface area contributed by atoms with Crippen LogP contribution in [-0.2, 0) is 4.79 Å². The lowest BCUT2D eigenvalue weighted by molar-refractivity contribution is -0.139. The van der Waals surface area contributed by atoms with E-state index >= 15 is 0 Å². The molecule has 7 heteroatoms. The van der Waals surface area contributed by atoms with Crippen LogP contribution in [0.4, 0.5) is 0 Å². The largest absolute Gasteiger partial charge is 0.479 e. The first kappa shape index (κ1) is 12.2. The summed E-state index contributed by atoms with van der Waals surface area (Å²) < 4.78 is 7.44. The predicted molar refractivity (Wildman–Crippen MR) is 64.2 cm³/mol. The number of nitrogens with one attached hydrogen (secondary N) is 1. The Balaban J connectivity index is 2.18. The first-order valence-corrected chi connectivity index (χ1v) is 5.77. The zero-order valence-electron chi connectivity index (χ0n) is 9.11. The highest BCUT2D eigenvalue weighted by atomic mass is 32.1. The molecule has 92 valence electrons. The van der Waals surface area contributed by atoms with Gasteiger partial charge in [0, 0.05) is 0 Å². The molecule has 0 spiro atoms. The number of benzene rings is 1. The lowest BCUT2D eigenvalue weighted by Gasteiger charge is -2.13. The van der Waals surface area contributed by atoms with Gasteiger partial charge in [0.05, 0.1) is 17.9 Å². The Bertz CT molecular complexity index is 542. The molecule has 1 aromatic heterocycles. The van der Waals surface area contributed by atoms with E-state index in [9.17, 15) is 9.59 Å². The number of rotatable bonds is 4. The van der Waals surface area contributed by atoms with E-state index in [1.165, 1.54) is 6.20 Å². The fourth-order valence-electron chi connectivity index (χ4n) is 1.40. The van der Waals surface area contributed by atoms with Crippen LogP contribution in [0.2, 0.25) is 0 Å². The van der Waals surface area contributed by atoms with Crippen LogP contribution in [0.15, 0.2) is 36.5 Å². The topological polar surface area (TPSA) is 92.2 Å². The van der Waals surface area contributed by atoms with Crippen LogP contribution in [0.1, 0.15) is 22.1 Å². The maximum Gasteiger partial charge on any atom is 0.330 e. The molecule has 1 unspecified atom stereocenters. The Morgan fingerprint density at radius 3 is 2.56 bits per heavy atom. The zero-order chi connectivity index (χ0) is 13.0. The number of carbonyl (C=O) groups excluding carboxylic acids is 1. The van der Waals surface area contributed by atoms with Crippen molar-refractivity contribution >= 4 is 23.6 Å². The van der Waals surface area contributed by atoms with Gasteiger partial charge in [0.15, 0.2) is 11.7 Å². The van der Waals surface area contributed by atoms with Crippen molar-refractivity contribution in [3.63, 3.8) is 0 Å². The van der Waals surface area contributed by atoms with E-state index in [-0.39, 0.29) is 5.69 Å². The number of carboxylic acid groups (broad SMARTS) is 1. The molecule has 18 heavy (non-hydrogen) atoms.